The number of rotatable bonds is 4. The zero-order valence-corrected chi connectivity index (χ0v) is 16.9. The van der Waals surface area contributed by atoms with E-state index in [2.05, 4.69) is 14.8 Å². The molecular formula is C20H21N5O2S. The quantitative estimate of drug-likeness (QED) is 0.574. The standard InChI is InChI=1S/C20H21N5O2S/c1-13-7-6-10-25-12-18(21-20(13)25)16-8-5-9-17(11-16)23-28(26,27)19-14(2)22-24(4)15(19)3/h5-12,23H,1-4H3. The molecule has 0 atom stereocenters. The summed E-state index contributed by atoms with van der Waals surface area (Å²) in [7, 11) is -2.01. The summed E-state index contributed by atoms with van der Waals surface area (Å²) >= 11 is 0. The number of imidazole rings is 1. The molecule has 144 valence electrons. The van der Waals surface area contributed by atoms with Crippen LogP contribution in [0.1, 0.15) is 17.0 Å². The van der Waals surface area contributed by atoms with Crippen molar-refractivity contribution in [3.8, 4) is 11.3 Å². The number of nitrogens with zero attached hydrogens (tertiary/aromatic N) is 4. The van der Waals surface area contributed by atoms with Crippen LogP contribution < -0.4 is 4.72 Å². The van der Waals surface area contributed by atoms with E-state index in [0.717, 1.165) is 22.5 Å². The Morgan fingerprint density at radius 3 is 2.54 bits per heavy atom. The molecule has 1 N–H and O–H groups in total. The first-order valence-electron chi connectivity index (χ1n) is 8.84. The van der Waals surface area contributed by atoms with E-state index in [1.807, 2.05) is 48.0 Å². The van der Waals surface area contributed by atoms with Crippen molar-refractivity contribution in [1.29, 1.82) is 0 Å². The molecule has 0 unspecified atom stereocenters. The molecular weight excluding hydrogens is 374 g/mol. The average Bonchev–Trinajstić information content (AvgIpc) is 3.17. The smallest absolute Gasteiger partial charge is 0.265 e. The Labute approximate surface area is 163 Å². The summed E-state index contributed by atoms with van der Waals surface area (Å²) < 4.78 is 32.0. The largest absolute Gasteiger partial charge is 0.306 e. The minimum Gasteiger partial charge on any atom is -0.306 e. The summed E-state index contributed by atoms with van der Waals surface area (Å²) in [5.41, 5.74) is 5.12. The number of fused-ring (bicyclic) bond motifs is 1. The molecule has 1 aromatic carbocycles. The van der Waals surface area contributed by atoms with E-state index in [1.54, 1.807) is 37.7 Å². The van der Waals surface area contributed by atoms with Gasteiger partial charge < -0.3 is 4.40 Å². The average molecular weight is 395 g/mol. The van der Waals surface area contributed by atoms with Gasteiger partial charge in [-0.1, -0.05) is 18.2 Å². The summed E-state index contributed by atoms with van der Waals surface area (Å²) in [6, 6.07) is 11.2. The van der Waals surface area contributed by atoms with Gasteiger partial charge in [-0.3, -0.25) is 9.40 Å². The fourth-order valence-electron chi connectivity index (χ4n) is 3.38. The topological polar surface area (TPSA) is 81.3 Å². The molecule has 4 rings (SSSR count). The van der Waals surface area contributed by atoms with E-state index >= 15 is 0 Å². The minimum atomic E-state index is -3.74. The predicted molar refractivity (Wildman–Crippen MR) is 109 cm³/mol. The molecule has 0 radical (unpaired) electrons. The maximum Gasteiger partial charge on any atom is 0.265 e. The van der Waals surface area contributed by atoms with Crippen molar-refractivity contribution in [2.45, 2.75) is 25.7 Å². The van der Waals surface area contributed by atoms with Gasteiger partial charge >= 0.3 is 0 Å². The molecule has 3 aromatic heterocycles. The normalized spacial score (nSPS) is 11.9. The van der Waals surface area contributed by atoms with Crippen molar-refractivity contribution in [2.24, 2.45) is 7.05 Å². The van der Waals surface area contributed by atoms with E-state index in [9.17, 15) is 8.42 Å². The monoisotopic (exact) mass is 395 g/mol. The maximum atomic E-state index is 12.9. The first kappa shape index (κ1) is 18.2. The Bertz CT molecular complexity index is 1300. The zero-order chi connectivity index (χ0) is 20.1. The fraction of sp³-hybridized carbons (Fsp3) is 0.200. The van der Waals surface area contributed by atoms with Gasteiger partial charge in [0.2, 0.25) is 0 Å². The molecule has 3 heterocycles. The van der Waals surface area contributed by atoms with Crippen LogP contribution in [0.4, 0.5) is 5.69 Å². The summed E-state index contributed by atoms with van der Waals surface area (Å²) in [6.07, 6.45) is 3.88. The molecule has 0 fully saturated rings. The highest BCUT2D eigenvalue weighted by atomic mass is 32.2. The number of anilines is 1. The Kier molecular flexibility index (Phi) is 4.23. The predicted octanol–water partition coefficient (Wildman–Crippen LogP) is 3.46. The Balaban J connectivity index is 1.71. The summed E-state index contributed by atoms with van der Waals surface area (Å²) in [6.45, 7) is 5.44. The molecule has 7 nitrogen and oxygen atoms in total. The lowest BCUT2D eigenvalue weighted by Crippen LogP contribution is -2.15. The van der Waals surface area contributed by atoms with Crippen molar-refractivity contribution in [1.82, 2.24) is 19.2 Å². The molecule has 0 saturated heterocycles. The SMILES string of the molecule is Cc1nn(C)c(C)c1S(=O)(=O)Nc1cccc(-c2cn3cccc(C)c3n2)c1. The number of sulfonamides is 1. The van der Waals surface area contributed by atoms with E-state index in [0.29, 0.717) is 17.1 Å². The van der Waals surface area contributed by atoms with Crippen LogP contribution in [-0.2, 0) is 17.1 Å². The molecule has 0 aliphatic carbocycles. The number of aryl methyl sites for hydroxylation is 3. The van der Waals surface area contributed by atoms with Gasteiger partial charge in [0.05, 0.1) is 17.1 Å². The molecule has 0 amide bonds. The second-order valence-corrected chi connectivity index (χ2v) is 8.48. The molecule has 8 heteroatoms. The van der Waals surface area contributed by atoms with Crippen LogP contribution in [0.5, 0.6) is 0 Å². The van der Waals surface area contributed by atoms with Crippen molar-refractivity contribution >= 4 is 21.4 Å². The number of hydrogen-bond acceptors (Lipinski definition) is 4. The van der Waals surface area contributed by atoms with Crippen LogP contribution in [0.25, 0.3) is 16.9 Å². The Morgan fingerprint density at radius 1 is 1.07 bits per heavy atom. The first-order valence-corrected chi connectivity index (χ1v) is 10.3. The van der Waals surface area contributed by atoms with Crippen molar-refractivity contribution in [3.05, 3.63) is 65.7 Å². The highest BCUT2D eigenvalue weighted by Gasteiger charge is 2.24. The molecule has 4 aromatic rings. The molecule has 0 spiro atoms. The van der Waals surface area contributed by atoms with Crippen LogP contribution in [0.2, 0.25) is 0 Å². The van der Waals surface area contributed by atoms with Crippen LogP contribution in [-0.4, -0.2) is 27.6 Å². The fourth-order valence-corrected chi connectivity index (χ4v) is 4.87. The third-order valence-corrected chi connectivity index (χ3v) is 6.43. The van der Waals surface area contributed by atoms with Gasteiger partial charge in [0.25, 0.3) is 10.0 Å². The maximum absolute atomic E-state index is 12.9. The third-order valence-electron chi connectivity index (χ3n) is 4.80. The Morgan fingerprint density at radius 2 is 1.86 bits per heavy atom. The number of benzene rings is 1. The van der Waals surface area contributed by atoms with Crippen LogP contribution in [0.3, 0.4) is 0 Å². The highest BCUT2D eigenvalue weighted by molar-refractivity contribution is 7.92. The van der Waals surface area contributed by atoms with E-state index in [4.69, 9.17) is 0 Å². The van der Waals surface area contributed by atoms with Crippen LogP contribution in [0.15, 0.2) is 53.7 Å². The van der Waals surface area contributed by atoms with Gasteiger partial charge in [0, 0.05) is 30.7 Å². The van der Waals surface area contributed by atoms with E-state index < -0.39 is 10.0 Å². The lowest BCUT2D eigenvalue weighted by Gasteiger charge is -2.09. The first-order chi connectivity index (χ1) is 13.3. The molecule has 0 saturated carbocycles. The van der Waals surface area contributed by atoms with Gasteiger partial charge in [-0.2, -0.15) is 5.10 Å². The number of nitrogens with one attached hydrogen (secondary N) is 1. The van der Waals surface area contributed by atoms with Gasteiger partial charge in [-0.25, -0.2) is 13.4 Å². The second kappa shape index (κ2) is 6.49. The van der Waals surface area contributed by atoms with E-state index in [-0.39, 0.29) is 4.90 Å². The van der Waals surface area contributed by atoms with E-state index in [1.165, 1.54) is 0 Å². The number of pyridine rings is 1. The number of aromatic nitrogens is 4. The van der Waals surface area contributed by atoms with Crippen LogP contribution in [0, 0.1) is 20.8 Å². The Hall–Kier alpha value is -3.13. The second-order valence-electron chi connectivity index (χ2n) is 6.86. The van der Waals surface area contributed by atoms with Gasteiger partial charge in [0.15, 0.2) is 0 Å². The van der Waals surface area contributed by atoms with Crippen molar-refractivity contribution < 1.29 is 8.42 Å². The highest BCUT2D eigenvalue weighted by Crippen LogP contribution is 2.26. The summed E-state index contributed by atoms with van der Waals surface area (Å²) in [5.74, 6) is 0. The van der Waals surface area contributed by atoms with Gasteiger partial charge in [-0.15, -0.1) is 0 Å². The van der Waals surface area contributed by atoms with Gasteiger partial charge in [0.1, 0.15) is 10.5 Å². The lowest BCUT2D eigenvalue weighted by atomic mass is 10.1. The lowest BCUT2D eigenvalue weighted by molar-refractivity contribution is 0.599. The van der Waals surface area contributed by atoms with Crippen LogP contribution >= 0.6 is 0 Å². The summed E-state index contributed by atoms with van der Waals surface area (Å²) in [5, 5.41) is 4.20. The van der Waals surface area contributed by atoms with Gasteiger partial charge in [-0.05, 0) is 44.5 Å². The molecule has 28 heavy (non-hydrogen) atoms. The number of hydrogen-bond donors (Lipinski definition) is 1. The third kappa shape index (κ3) is 3.05. The molecule has 0 aliphatic heterocycles. The van der Waals surface area contributed by atoms with Crippen molar-refractivity contribution in [3.63, 3.8) is 0 Å². The molecule has 0 bridgehead atoms. The molecule has 0 aliphatic rings. The van der Waals surface area contributed by atoms with Crippen molar-refractivity contribution in [2.75, 3.05) is 4.72 Å². The summed E-state index contributed by atoms with van der Waals surface area (Å²) in [4.78, 5) is 4.89. The zero-order valence-electron chi connectivity index (χ0n) is 16.1. The minimum absolute atomic E-state index is 0.212.